The van der Waals surface area contributed by atoms with E-state index in [1.807, 2.05) is 41.3 Å². The van der Waals surface area contributed by atoms with Crippen LogP contribution in [0.25, 0.3) is 11.3 Å². The standard InChI is InChI=1S/C23H23FN2O2/c1-16-21(22(25-28-16)19-7-3-2-4-8-19)23(27)26-12-10-17(11-13-26)14-18-6-5-9-20(24)15-18/h2-9,15,17H,10-14H2,1H3. The van der Waals surface area contributed by atoms with Crippen molar-refractivity contribution in [3.8, 4) is 11.3 Å². The quantitative estimate of drug-likeness (QED) is 0.650. The van der Waals surface area contributed by atoms with Crippen molar-refractivity contribution in [3.63, 3.8) is 0 Å². The number of aryl methyl sites for hydroxylation is 1. The van der Waals surface area contributed by atoms with E-state index in [1.165, 1.54) is 6.07 Å². The van der Waals surface area contributed by atoms with Crippen molar-refractivity contribution >= 4 is 5.91 Å². The zero-order valence-electron chi connectivity index (χ0n) is 15.9. The molecule has 1 saturated heterocycles. The van der Waals surface area contributed by atoms with Crippen molar-refractivity contribution in [3.05, 3.63) is 77.3 Å². The van der Waals surface area contributed by atoms with Gasteiger partial charge in [-0.2, -0.15) is 0 Å². The highest BCUT2D eigenvalue weighted by atomic mass is 19.1. The van der Waals surface area contributed by atoms with E-state index in [4.69, 9.17) is 4.52 Å². The summed E-state index contributed by atoms with van der Waals surface area (Å²) in [7, 11) is 0. The first-order valence-electron chi connectivity index (χ1n) is 9.67. The fourth-order valence-corrected chi connectivity index (χ4v) is 3.91. The fraction of sp³-hybridized carbons (Fsp3) is 0.304. The number of carbonyl (C=O) groups excluding carboxylic acids is 1. The first kappa shape index (κ1) is 18.4. The SMILES string of the molecule is Cc1onc(-c2ccccc2)c1C(=O)N1CCC(Cc2cccc(F)c2)CC1. The number of aromatic nitrogens is 1. The monoisotopic (exact) mass is 378 g/mol. The third kappa shape index (κ3) is 3.84. The minimum absolute atomic E-state index is 0.0261. The Kier molecular flexibility index (Phi) is 5.24. The van der Waals surface area contributed by atoms with Gasteiger partial charge in [0.1, 0.15) is 22.8 Å². The number of hydrogen-bond donors (Lipinski definition) is 0. The molecule has 0 saturated carbocycles. The molecule has 0 spiro atoms. The number of hydrogen-bond acceptors (Lipinski definition) is 3. The van der Waals surface area contributed by atoms with Crippen molar-refractivity contribution in [2.24, 2.45) is 5.92 Å². The van der Waals surface area contributed by atoms with Gasteiger partial charge in [-0.3, -0.25) is 4.79 Å². The summed E-state index contributed by atoms with van der Waals surface area (Å²) in [5, 5.41) is 4.12. The lowest BCUT2D eigenvalue weighted by molar-refractivity contribution is 0.0689. The molecule has 1 fully saturated rings. The van der Waals surface area contributed by atoms with Gasteiger partial charge in [-0.15, -0.1) is 0 Å². The average Bonchev–Trinajstić information content (AvgIpc) is 3.10. The molecular weight excluding hydrogens is 355 g/mol. The van der Waals surface area contributed by atoms with Crippen molar-refractivity contribution in [1.82, 2.24) is 10.1 Å². The lowest BCUT2D eigenvalue weighted by atomic mass is 9.90. The van der Waals surface area contributed by atoms with E-state index in [1.54, 1.807) is 19.1 Å². The van der Waals surface area contributed by atoms with Crippen LogP contribution in [0, 0.1) is 18.7 Å². The highest BCUT2D eigenvalue weighted by Crippen LogP contribution is 2.29. The van der Waals surface area contributed by atoms with Crippen molar-refractivity contribution in [2.45, 2.75) is 26.2 Å². The molecule has 1 aromatic heterocycles. The van der Waals surface area contributed by atoms with E-state index < -0.39 is 0 Å². The number of rotatable bonds is 4. The Labute approximate surface area is 164 Å². The molecule has 0 atom stereocenters. The number of piperidine rings is 1. The summed E-state index contributed by atoms with van der Waals surface area (Å²) >= 11 is 0. The summed E-state index contributed by atoms with van der Waals surface area (Å²) in [5.41, 5.74) is 3.05. The third-order valence-electron chi connectivity index (χ3n) is 5.44. The van der Waals surface area contributed by atoms with Gasteiger partial charge in [0, 0.05) is 18.7 Å². The van der Waals surface area contributed by atoms with Gasteiger partial charge in [0.2, 0.25) is 0 Å². The van der Waals surface area contributed by atoms with Gasteiger partial charge in [-0.1, -0.05) is 47.6 Å². The molecule has 4 rings (SSSR count). The van der Waals surface area contributed by atoms with Crippen LogP contribution in [0.5, 0.6) is 0 Å². The average molecular weight is 378 g/mol. The molecule has 1 amide bonds. The number of nitrogens with zero attached hydrogens (tertiary/aromatic N) is 2. The molecule has 2 aromatic carbocycles. The number of halogens is 1. The highest BCUT2D eigenvalue weighted by molar-refractivity contribution is 6.00. The van der Waals surface area contributed by atoms with Gasteiger partial charge in [-0.05, 0) is 49.8 Å². The summed E-state index contributed by atoms with van der Waals surface area (Å²) in [6, 6.07) is 16.4. The highest BCUT2D eigenvalue weighted by Gasteiger charge is 2.29. The van der Waals surface area contributed by atoms with Crippen molar-refractivity contribution in [2.75, 3.05) is 13.1 Å². The molecule has 1 aliphatic heterocycles. The van der Waals surface area contributed by atoms with Crippen molar-refractivity contribution in [1.29, 1.82) is 0 Å². The first-order chi connectivity index (χ1) is 13.6. The second-order valence-electron chi connectivity index (χ2n) is 7.40. The molecule has 0 unspecified atom stereocenters. The zero-order chi connectivity index (χ0) is 19.5. The Bertz CT molecular complexity index is 960. The van der Waals surface area contributed by atoms with E-state index in [0.717, 1.165) is 30.4 Å². The van der Waals surface area contributed by atoms with Crippen LogP contribution in [-0.2, 0) is 6.42 Å². The van der Waals surface area contributed by atoms with E-state index in [9.17, 15) is 9.18 Å². The molecule has 0 bridgehead atoms. The van der Waals surface area contributed by atoms with Crippen LogP contribution in [-0.4, -0.2) is 29.1 Å². The van der Waals surface area contributed by atoms with E-state index in [0.29, 0.717) is 36.0 Å². The van der Waals surface area contributed by atoms with E-state index in [2.05, 4.69) is 5.16 Å². The molecule has 144 valence electrons. The lowest BCUT2D eigenvalue weighted by Gasteiger charge is -2.32. The molecule has 2 heterocycles. The summed E-state index contributed by atoms with van der Waals surface area (Å²) < 4.78 is 18.7. The second kappa shape index (κ2) is 7.97. The maximum atomic E-state index is 13.4. The molecule has 4 nitrogen and oxygen atoms in total. The van der Waals surface area contributed by atoms with Crippen LogP contribution in [0.15, 0.2) is 59.1 Å². The van der Waals surface area contributed by atoms with E-state index >= 15 is 0 Å². The minimum Gasteiger partial charge on any atom is -0.360 e. The Morgan fingerprint density at radius 1 is 1.14 bits per heavy atom. The molecule has 5 heteroatoms. The lowest BCUT2D eigenvalue weighted by Crippen LogP contribution is -2.39. The molecule has 28 heavy (non-hydrogen) atoms. The zero-order valence-corrected chi connectivity index (χ0v) is 15.9. The van der Waals surface area contributed by atoms with Crippen LogP contribution in [0.2, 0.25) is 0 Å². The van der Waals surface area contributed by atoms with Gasteiger partial charge in [0.05, 0.1) is 0 Å². The molecule has 3 aromatic rings. The summed E-state index contributed by atoms with van der Waals surface area (Å²) in [6.07, 6.45) is 2.67. The van der Waals surface area contributed by atoms with Gasteiger partial charge in [0.25, 0.3) is 5.91 Å². The second-order valence-corrected chi connectivity index (χ2v) is 7.40. The Morgan fingerprint density at radius 3 is 2.61 bits per heavy atom. The Morgan fingerprint density at radius 2 is 1.89 bits per heavy atom. The number of likely N-dealkylation sites (tertiary alicyclic amines) is 1. The summed E-state index contributed by atoms with van der Waals surface area (Å²) in [5.74, 6) is 0.789. The molecule has 0 aliphatic carbocycles. The summed E-state index contributed by atoms with van der Waals surface area (Å²) in [4.78, 5) is 15.0. The van der Waals surface area contributed by atoms with Crippen LogP contribution < -0.4 is 0 Å². The molecule has 1 aliphatic rings. The molecule has 0 N–H and O–H groups in total. The topological polar surface area (TPSA) is 46.3 Å². The number of benzene rings is 2. The van der Waals surface area contributed by atoms with Gasteiger partial charge >= 0.3 is 0 Å². The smallest absolute Gasteiger partial charge is 0.259 e. The van der Waals surface area contributed by atoms with Crippen LogP contribution in [0.1, 0.15) is 34.5 Å². The maximum Gasteiger partial charge on any atom is 0.259 e. The summed E-state index contributed by atoms with van der Waals surface area (Å²) in [6.45, 7) is 3.17. The van der Waals surface area contributed by atoms with Crippen LogP contribution in [0.3, 0.4) is 0 Å². The minimum atomic E-state index is -0.193. The molecule has 0 radical (unpaired) electrons. The first-order valence-corrected chi connectivity index (χ1v) is 9.67. The molecular formula is C23H23FN2O2. The maximum absolute atomic E-state index is 13.4. The Hall–Kier alpha value is -2.95. The predicted octanol–water partition coefficient (Wildman–Crippen LogP) is 4.88. The van der Waals surface area contributed by atoms with Crippen LogP contribution >= 0.6 is 0 Å². The van der Waals surface area contributed by atoms with Gasteiger partial charge < -0.3 is 9.42 Å². The number of amides is 1. The van der Waals surface area contributed by atoms with Crippen molar-refractivity contribution < 1.29 is 13.7 Å². The van der Waals surface area contributed by atoms with Gasteiger partial charge in [0.15, 0.2) is 0 Å². The third-order valence-corrected chi connectivity index (χ3v) is 5.44. The predicted molar refractivity (Wildman–Crippen MR) is 105 cm³/mol. The number of carbonyl (C=O) groups is 1. The fourth-order valence-electron chi connectivity index (χ4n) is 3.91. The largest absolute Gasteiger partial charge is 0.360 e. The van der Waals surface area contributed by atoms with E-state index in [-0.39, 0.29) is 11.7 Å². The Balaban J connectivity index is 1.44. The van der Waals surface area contributed by atoms with Gasteiger partial charge in [-0.25, -0.2) is 4.39 Å². The van der Waals surface area contributed by atoms with Crippen LogP contribution in [0.4, 0.5) is 4.39 Å². The normalized spacial score (nSPS) is 15.0.